The second-order valence-electron chi connectivity index (χ2n) is 5.49. The van der Waals surface area contributed by atoms with Crippen LogP contribution in [0.4, 0.5) is 8.78 Å². The van der Waals surface area contributed by atoms with E-state index in [2.05, 4.69) is 5.32 Å². The number of halogens is 2. The number of carbonyl (C=O) groups excluding carboxylic acids is 1. The van der Waals surface area contributed by atoms with Crippen LogP contribution in [-0.4, -0.2) is 38.1 Å². The van der Waals surface area contributed by atoms with Crippen molar-refractivity contribution in [3.8, 4) is 5.75 Å². The smallest absolute Gasteiger partial charge is 0.259 e. The van der Waals surface area contributed by atoms with Gasteiger partial charge in [-0.15, -0.1) is 0 Å². The van der Waals surface area contributed by atoms with Gasteiger partial charge in [0.1, 0.15) is 0 Å². The van der Waals surface area contributed by atoms with Crippen molar-refractivity contribution in [2.45, 2.75) is 20.4 Å². The van der Waals surface area contributed by atoms with Crippen molar-refractivity contribution < 1.29 is 18.3 Å². The van der Waals surface area contributed by atoms with E-state index in [-0.39, 0.29) is 5.91 Å². The molecular formula is C15H22F2N2O2. The third-order valence-electron chi connectivity index (χ3n) is 2.78. The first-order valence-electron chi connectivity index (χ1n) is 6.82. The van der Waals surface area contributed by atoms with Crippen molar-refractivity contribution in [3.05, 3.63) is 29.3 Å². The van der Waals surface area contributed by atoms with E-state index in [1.54, 1.807) is 14.1 Å². The lowest BCUT2D eigenvalue weighted by atomic mass is 10.1. The standard InChI is InChI=1S/C15H22F2N2O2/c1-10(2)7-18-8-11-5-12(16)15(13(17)6-11)21-9-14(20)19(3)4/h5-6,10,18H,7-9H2,1-4H3. The normalized spacial score (nSPS) is 10.8. The maximum absolute atomic E-state index is 13.8. The summed E-state index contributed by atoms with van der Waals surface area (Å²) in [4.78, 5) is 12.6. The number of amides is 1. The fraction of sp³-hybridized carbons (Fsp3) is 0.533. The maximum Gasteiger partial charge on any atom is 0.259 e. The van der Waals surface area contributed by atoms with Crippen LogP contribution in [0.1, 0.15) is 19.4 Å². The lowest BCUT2D eigenvalue weighted by Gasteiger charge is -2.13. The maximum atomic E-state index is 13.8. The zero-order valence-electron chi connectivity index (χ0n) is 12.9. The largest absolute Gasteiger partial charge is 0.478 e. The Hall–Kier alpha value is -1.69. The minimum atomic E-state index is -0.803. The van der Waals surface area contributed by atoms with Crippen molar-refractivity contribution in [2.75, 3.05) is 27.2 Å². The van der Waals surface area contributed by atoms with Gasteiger partial charge in [-0.1, -0.05) is 13.8 Å². The number of likely N-dealkylation sites (N-methyl/N-ethyl adjacent to an activating group) is 1. The van der Waals surface area contributed by atoms with Crippen LogP contribution in [0.5, 0.6) is 5.75 Å². The van der Waals surface area contributed by atoms with E-state index in [1.165, 1.54) is 17.0 Å². The number of carbonyl (C=O) groups is 1. The molecule has 1 N–H and O–H groups in total. The SMILES string of the molecule is CC(C)CNCc1cc(F)c(OCC(=O)N(C)C)c(F)c1. The van der Waals surface area contributed by atoms with Gasteiger partial charge in [-0.05, 0) is 30.2 Å². The van der Waals surface area contributed by atoms with E-state index in [0.717, 1.165) is 6.54 Å². The molecule has 0 atom stereocenters. The number of hydrogen-bond acceptors (Lipinski definition) is 3. The first-order chi connectivity index (χ1) is 9.81. The fourth-order valence-corrected chi connectivity index (χ4v) is 1.62. The molecule has 1 aromatic rings. The van der Waals surface area contributed by atoms with Crippen molar-refractivity contribution >= 4 is 5.91 Å². The first-order valence-corrected chi connectivity index (χ1v) is 6.82. The third kappa shape index (κ3) is 5.67. The lowest BCUT2D eigenvalue weighted by molar-refractivity contribution is -0.130. The second-order valence-corrected chi connectivity index (χ2v) is 5.49. The highest BCUT2D eigenvalue weighted by Crippen LogP contribution is 2.23. The van der Waals surface area contributed by atoms with Gasteiger partial charge in [-0.3, -0.25) is 4.79 Å². The molecule has 1 aromatic carbocycles. The summed E-state index contributed by atoms with van der Waals surface area (Å²) in [5.41, 5.74) is 0.497. The van der Waals surface area contributed by atoms with E-state index in [9.17, 15) is 13.6 Å². The van der Waals surface area contributed by atoms with Gasteiger partial charge < -0.3 is 15.0 Å². The van der Waals surface area contributed by atoms with Crippen LogP contribution >= 0.6 is 0 Å². The highest BCUT2D eigenvalue weighted by molar-refractivity contribution is 5.77. The van der Waals surface area contributed by atoms with Crippen LogP contribution in [0.2, 0.25) is 0 Å². The van der Waals surface area contributed by atoms with Crippen molar-refractivity contribution in [1.29, 1.82) is 0 Å². The zero-order valence-corrected chi connectivity index (χ0v) is 12.9. The van der Waals surface area contributed by atoms with E-state index >= 15 is 0 Å². The molecule has 1 amide bonds. The van der Waals surface area contributed by atoms with Crippen LogP contribution in [0, 0.1) is 17.6 Å². The molecule has 0 heterocycles. The number of nitrogens with zero attached hydrogens (tertiary/aromatic N) is 1. The topological polar surface area (TPSA) is 41.6 Å². The van der Waals surface area contributed by atoms with E-state index < -0.39 is 24.0 Å². The fourth-order valence-electron chi connectivity index (χ4n) is 1.62. The molecule has 0 fully saturated rings. The predicted octanol–water partition coefficient (Wildman–Crippen LogP) is 2.18. The summed E-state index contributed by atoms with van der Waals surface area (Å²) < 4.78 is 32.6. The van der Waals surface area contributed by atoms with Crippen LogP contribution in [-0.2, 0) is 11.3 Å². The van der Waals surface area contributed by atoms with Crippen LogP contribution < -0.4 is 10.1 Å². The van der Waals surface area contributed by atoms with E-state index in [1.807, 2.05) is 13.8 Å². The Morgan fingerprint density at radius 2 is 1.86 bits per heavy atom. The molecule has 0 bridgehead atoms. The molecular weight excluding hydrogens is 278 g/mol. The molecule has 118 valence electrons. The molecule has 1 rings (SSSR count). The Morgan fingerprint density at radius 1 is 1.29 bits per heavy atom. The average molecular weight is 300 g/mol. The molecule has 21 heavy (non-hydrogen) atoms. The van der Waals surface area contributed by atoms with E-state index in [4.69, 9.17) is 4.74 Å². The lowest BCUT2D eigenvalue weighted by Crippen LogP contribution is -2.28. The number of nitrogens with one attached hydrogen (secondary N) is 1. The van der Waals surface area contributed by atoms with Gasteiger partial charge in [0.25, 0.3) is 5.91 Å². The summed E-state index contributed by atoms with van der Waals surface area (Å²) in [7, 11) is 3.09. The number of rotatable bonds is 7. The quantitative estimate of drug-likeness (QED) is 0.839. The third-order valence-corrected chi connectivity index (χ3v) is 2.78. The number of benzene rings is 1. The minimum Gasteiger partial charge on any atom is -0.478 e. The Labute approximate surface area is 124 Å². The highest BCUT2D eigenvalue weighted by Gasteiger charge is 2.15. The Balaban J connectivity index is 2.69. The summed E-state index contributed by atoms with van der Waals surface area (Å²) in [6.07, 6.45) is 0. The predicted molar refractivity (Wildman–Crippen MR) is 77.1 cm³/mol. The average Bonchev–Trinajstić information content (AvgIpc) is 2.36. The van der Waals surface area contributed by atoms with Crippen molar-refractivity contribution in [1.82, 2.24) is 10.2 Å². The molecule has 0 aliphatic heterocycles. The Morgan fingerprint density at radius 3 is 2.33 bits per heavy atom. The van der Waals surface area contributed by atoms with E-state index in [0.29, 0.717) is 18.0 Å². The summed E-state index contributed by atoms with van der Waals surface area (Å²) in [6.45, 7) is 4.84. The van der Waals surface area contributed by atoms with Gasteiger partial charge in [0.15, 0.2) is 24.0 Å². The van der Waals surface area contributed by atoms with Crippen LogP contribution in [0.25, 0.3) is 0 Å². The molecule has 0 radical (unpaired) electrons. The molecule has 0 aliphatic carbocycles. The summed E-state index contributed by atoms with van der Waals surface area (Å²) in [5, 5.41) is 3.11. The number of hydrogen-bond donors (Lipinski definition) is 1. The molecule has 0 saturated heterocycles. The van der Waals surface area contributed by atoms with Crippen molar-refractivity contribution in [2.24, 2.45) is 5.92 Å². The first kappa shape index (κ1) is 17.4. The number of ether oxygens (including phenoxy) is 1. The van der Waals surface area contributed by atoms with Gasteiger partial charge >= 0.3 is 0 Å². The molecule has 0 aliphatic rings. The molecule has 0 saturated carbocycles. The molecule has 6 heteroatoms. The summed E-state index contributed by atoms with van der Waals surface area (Å²) >= 11 is 0. The van der Waals surface area contributed by atoms with Gasteiger partial charge in [-0.2, -0.15) is 0 Å². The summed E-state index contributed by atoms with van der Waals surface area (Å²) in [5.74, 6) is -2.03. The Bertz CT molecular complexity index is 468. The monoisotopic (exact) mass is 300 g/mol. The summed E-state index contributed by atoms with van der Waals surface area (Å²) in [6, 6.07) is 2.43. The minimum absolute atomic E-state index is 0.364. The Kier molecular flexibility index (Phi) is 6.55. The zero-order chi connectivity index (χ0) is 16.0. The molecule has 4 nitrogen and oxygen atoms in total. The van der Waals surface area contributed by atoms with Gasteiger partial charge in [0, 0.05) is 20.6 Å². The van der Waals surface area contributed by atoms with Crippen LogP contribution in [0.15, 0.2) is 12.1 Å². The molecule has 0 aromatic heterocycles. The van der Waals surface area contributed by atoms with Crippen molar-refractivity contribution in [3.63, 3.8) is 0 Å². The van der Waals surface area contributed by atoms with Crippen LogP contribution in [0.3, 0.4) is 0 Å². The molecule has 0 unspecified atom stereocenters. The van der Waals surface area contributed by atoms with Gasteiger partial charge in [-0.25, -0.2) is 8.78 Å². The second kappa shape index (κ2) is 7.93. The molecule has 0 spiro atoms. The van der Waals surface area contributed by atoms with Gasteiger partial charge in [0.2, 0.25) is 0 Å². The highest BCUT2D eigenvalue weighted by atomic mass is 19.1. The van der Waals surface area contributed by atoms with Gasteiger partial charge in [0.05, 0.1) is 0 Å².